The first kappa shape index (κ1) is 17.0. The molecule has 0 bridgehead atoms. The van der Waals surface area contributed by atoms with Crippen LogP contribution >= 0.6 is 0 Å². The van der Waals surface area contributed by atoms with E-state index in [0.29, 0.717) is 33.0 Å². The second-order valence-electron chi connectivity index (χ2n) is 4.51. The average Bonchev–Trinajstić information content (AvgIpc) is 2.45. The molecule has 0 heterocycles. The van der Waals surface area contributed by atoms with Crippen LogP contribution in [0.1, 0.15) is 12.5 Å². The highest BCUT2D eigenvalue weighted by atomic mass is 19.1. The number of nitrogens with one attached hydrogen (secondary N) is 1. The van der Waals surface area contributed by atoms with Gasteiger partial charge in [-0.1, -0.05) is 12.1 Å². The molecule has 5 heteroatoms. The Hall–Kier alpha value is -1.01. The molecule has 114 valence electrons. The Morgan fingerprint density at radius 3 is 2.60 bits per heavy atom. The van der Waals surface area contributed by atoms with Gasteiger partial charge in [-0.2, -0.15) is 0 Å². The number of aliphatic hydroxyl groups is 1. The molecule has 1 atom stereocenters. The summed E-state index contributed by atoms with van der Waals surface area (Å²) >= 11 is 0. The quantitative estimate of drug-likeness (QED) is 0.603. The summed E-state index contributed by atoms with van der Waals surface area (Å²) in [6, 6.07) is 6.45. The van der Waals surface area contributed by atoms with Crippen LogP contribution in [0.4, 0.5) is 4.39 Å². The van der Waals surface area contributed by atoms with Crippen molar-refractivity contribution in [1.82, 2.24) is 5.32 Å². The van der Waals surface area contributed by atoms with Crippen molar-refractivity contribution in [1.29, 1.82) is 0 Å². The van der Waals surface area contributed by atoms with Crippen molar-refractivity contribution < 1.29 is 19.0 Å². The van der Waals surface area contributed by atoms with E-state index >= 15 is 0 Å². The third kappa shape index (κ3) is 8.22. The Labute approximate surface area is 119 Å². The molecule has 1 aromatic carbocycles. The molecule has 0 aliphatic carbocycles. The highest BCUT2D eigenvalue weighted by Gasteiger charge is 2.03. The summed E-state index contributed by atoms with van der Waals surface area (Å²) in [7, 11) is 0. The van der Waals surface area contributed by atoms with Crippen molar-refractivity contribution in [2.75, 3.05) is 39.5 Å². The summed E-state index contributed by atoms with van der Waals surface area (Å²) in [5.74, 6) is -0.221. The lowest BCUT2D eigenvalue weighted by atomic mass is 10.1. The first-order chi connectivity index (χ1) is 9.72. The maximum Gasteiger partial charge on any atom is 0.123 e. The minimum absolute atomic E-state index is 0.221. The summed E-state index contributed by atoms with van der Waals surface area (Å²) in [5, 5.41) is 12.8. The maximum atomic E-state index is 12.7. The molecule has 0 radical (unpaired) electrons. The SMILES string of the molecule is CCOCCOCC(O)CNCCc1ccc(F)cc1. The van der Waals surface area contributed by atoms with Crippen molar-refractivity contribution in [3.8, 4) is 0 Å². The third-order valence-corrected chi connectivity index (χ3v) is 2.77. The van der Waals surface area contributed by atoms with E-state index in [4.69, 9.17) is 9.47 Å². The lowest BCUT2D eigenvalue weighted by Crippen LogP contribution is -2.32. The molecule has 0 aromatic heterocycles. The van der Waals surface area contributed by atoms with Gasteiger partial charge >= 0.3 is 0 Å². The standard InChI is InChI=1S/C15H24FNO3/c1-2-19-9-10-20-12-15(18)11-17-8-7-13-3-5-14(16)6-4-13/h3-6,15,17-18H,2,7-12H2,1H3. The van der Waals surface area contributed by atoms with E-state index in [1.807, 2.05) is 6.92 Å². The predicted octanol–water partition coefficient (Wildman–Crippen LogP) is 1.37. The van der Waals surface area contributed by atoms with Crippen molar-refractivity contribution in [3.63, 3.8) is 0 Å². The molecule has 2 N–H and O–H groups in total. The fourth-order valence-corrected chi connectivity index (χ4v) is 1.69. The number of hydrogen-bond acceptors (Lipinski definition) is 4. The van der Waals surface area contributed by atoms with Gasteiger partial charge in [-0.15, -0.1) is 0 Å². The zero-order chi connectivity index (χ0) is 14.6. The van der Waals surface area contributed by atoms with Crippen LogP contribution < -0.4 is 5.32 Å². The number of ether oxygens (including phenoxy) is 2. The first-order valence-electron chi connectivity index (χ1n) is 7.01. The van der Waals surface area contributed by atoms with E-state index in [0.717, 1.165) is 18.5 Å². The van der Waals surface area contributed by atoms with E-state index < -0.39 is 6.10 Å². The van der Waals surface area contributed by atoms with E-state index in [9.17, 15) is 9.50 Å². The number of rotatable bonds is 11. The molecule has 1 aromatic rings. The van der Waals surface area contributed by atoms with Crippen LogP contribution in [-0.4, -0.2) is 50.7 Å². The second kappa shape index (κ2) is 10.7. The topological polar surface area (TPSA) is 50.7 Å². The molecule has 1 unspecified atom stereocenters. The lowest BCUT2D eigenvalue weighted by Gasteiger charge is -2.12. The zero-order valence-electron chi connectivity index (χ0n) is 12.0. The molecule has 1 rings (SSSR count). The Kier molecular flexibility index (Phi) is 9.15. The van der Waals surface area contributed by atoms with Gasteiger partial charge in [0.25, 0.3) is 0 Å². The summed E-state index contributed by atoms with van der Waals surface area (Å²) < 4.78 is 23.1. The Bertz CT molecular complexity index is 345. The summed E-state index contributed by atoms with van der Waals surface area (Å²) in [5.41, 5.74) is 1.07. The fraction of sp³-hybridized carbons (Fsp3) is 0.600. The van der Waals surface area contributed by atoms with Crippen LogP contribution in [0.2, 0.25) is 0 Å². The Morgan fingerprint density at radius 1 is 1.20 bits per heavy atom. The van der Waals surface area contributed by atoms with Gasteiger partial charge in [-0.25, -0.2) is 4.39 Å². The van der Waals surface area contributed by atoms with Crippen molar-refractivity contribution in [2.24, 2.45) is 0 Å². The smallest absolute Gasteiger partial charge is 0.123 e. The minimum Gasteiger partial charge on any atom is -0.389 e. The Balaban J connectivity index is 1.98. The van der Waals surface area contributed by atoms with Gasteiger partial charge in [-0.3, -0.25) is 0 Å². The number of halogens is 1. The van der Waals surface area contributed by atoms with Gasteiger partial charge in [0.1, 0.15) is 5.82 Å². The van der Waals surface area contributed by atoms with Gasteiger partial charge in [0.2, 0.25) is 0 Å². The molecule has 0 amide bonds. The minimum atomic E-state index is -0.523. The van der Waals surface area contributed by atoms with Gasteiger partial charge in [-0.05, 0) is 37.6 Å². The van der Waals surface area contributed by atoms with Crippen LogP contribution in [0, 0.1) is 5.82 Å². The normalized spacial score (nSPS) is 12.6. The number of aliphatic hydroxyl groups excluding tert-OH is 1. The molecule has 0 spiro atoms. The predicted molar refractivity (Wildman–Crippen MR) is 76.3 cm³/mol. The van der Waals surface area contributed by atoms with Crippen LogP contribution in [0.3, 0.4) is 0 Å². The third-order valence-electron chi connectivity index (χ3n) is 2.77. The monoisotopic (exact) mass is 285 g/mol. The van der Waals surface area contributed by atoms with E-state index in [1.165, 1.54) is 12.1 Å². The fourth-order valence-electron chi connectivity index (χ4n) is 1.69. The molecule has 0 saturated heterocycles. The highest BCUT2D eigenvalue weighted by molar-refractivity contribution is 5.16. The molecule has 4 nitrogen and oxygen atoms in total. The van der Waals surface area contributed by atoms with Gasteiger partial charge < -0.3 is 19.9 Å². The molecular formula is C15H24FNO3. The van der Waals surface area contributed by atoms with Crippen LogP contribution in [0.25, 0.3) is 0 Å². The average molecular weight is 285 g/mol. The molecule has 0 aliphatic heterocycles. The van der Waals surface area contributed by atoms with Gasteiger partial charge in [0.15, 0.2) is 0 Å². The second-order valence-corrected chi connectivity index (χ2v) is 4.51. The maximum absolute atomic E-state index is 12.7. The number of hydrogen-bond donors (Lipinski definition) is 2. The van der Waals surface area contributed by atoms with E-state index in [-0.39, 0.29) is 5.82 Å². The van der Waals surface area contributed by atoms with Crippen molar-refractivity contribution in [3.05, 3.63) is 35.6 Å². The Morgan fingerprint density at radius 2 is 1.90 bits per heavy atom. The van der Waals surface area contributed by atoms with Crippen LogP contribution in [0.15, 0.2) is 24.3 Å². The largest absolute Gasteiger partial charge is 0.389 e. The lowest BCUT2D eigenvalue weighted by molar-refractivity contribution is 0.00660. The summed E-state index contributed by atoms with van der Waals surface area (Å²) in [6.45, 7) is 5.19. The van der Waals surface area contributed by atoms with Crippen molar-refractivity contribution >= 4 is 0 Å². The van der Waals surface area contributed by atoms with Gasteiger partial charge in [0.05, 0.1) is 25.9 Å². The van der Waals surface area contributed by atoms with Crippen LogP contribution in [0.5, 0.6) is 0 Å². The summed E-state index contributed by atoms with van der Waals surface area (Å²) in [6.07, 6.45) is 0.280. The van der Waals surface area contributed by atoms with Crippen molar-refractivity contribution in [2.45, 2.75) is 19.4 Å². The van der Waals surface area contributed by atoms with Crippen LogP contribution in [-0.2, 0) is 15.9 Å². The first-order valence-corrected chi connectivity index (χ1v) is 7.01. The molecule has 0 fully saturated rings. The molecule has 0 aliphatic rings. The van der Waals surface area contributed by atoms with E-state index in [1.54, 1.807) is 12.1 Å². The van der Waals surface area contributed by atoms with E-state index in [2.05, 4.69) is 5.32 Å². The van der Waals surface area contributed by atoms with Gasteiger partial charge in [0, 0.05) is 13.2 Å². The summed E-state index contributed by atoms with van der Waals surface area (Å²) in [4.78, 5) is 0. The zero-order valence-corrected chi connectivity index (χ0v) is 12.0. The highest BCUT2D eigenvalue weighted by Crippen LogP contribution is 2.02. The molecule has 0 saturated carbocycles. The molecule has 20 heavy (non-hydrogen) atoms. The molecular weight excluding hydrogens is 261 g/mol. The number of benzene rings is 1.